The average molecular weight is 625 g/mol. The number of aryl methyl sites for hydroxylation is 1. The van der Waals surface area contributed by atoms with Gasteiger partial charge in [-0.15, -0.1) is 0 Å². The predicted molar refractivity (Wildman–Crippen MR) is 174 cm³/mol. The molecule has 1 spiro atoms. The number of rotatable bonds is 11. The fourth-order valence-electron chi connectivity index (χ4n) is 9.13. The third kappa shape index (κ3) is 6.25. The number of hydrogen-bond acceptors (Lipinski definition) is 7. The molecule has 10 atom stereocenters. The van der Waals surface area contributed by atoms with E-state index in [1.54, 1.807) is 0 Å². The lowest BCUT2D eigenvalue weighted by molar-refractivity contribution is -0.577. The highest BCUT2D eigenvalue weighted by molar-refractivity contribution is 5.52. The van der Waals surface area contributed by atoms with Crippen molar-refractivity contribution in [2.24, 2.45) is 29.6 Å². The summed E-state index contributed by atoms with van der Waals surface area (Å²) in [5.74, 6) is 1.72. The van der Waals surface area contributed by atoms with E-state index in [-0.39, 0.29) is 23.7 Å². The Kier molecular flexibility index (Phi) is 9.76. The molecule has 4 aliphatic heterocycles. The van der Waals surface area contributed by atoms with E-state index < -0.39 is 24.0 Å². The molecule has 4 saturated heterocycles. The Morgan fingerprint density at radius 2 is 1.89 bits per heavy atom. The number of fused-ring (bicyclic) bond motifs is 2. The third-order valence-corrected chi connectivity index (χ3v) is 11.7. The van der Waals surface area contributed by atoms with Gasteiger partial charge in [0.1, 0.15) is 18.1 Å². The zero-order chi connectivity index (χ0) is 31.9. The minimum atomic E-state index is -0.806. The topological polar surface area (TPSA) is 75.6 Å². The molecule has 1 saturated carbocycles. The van der Waals surface area contributed by atoms with Crippen LogP contribution in [0, 0.1) is 29.6 Å². The maximum absolute atomic E-state index is 11.4. The maximum atomic E-state index is 11.4. The molecule has 0 radical (unpaired) electrons. The zero-order valence-electron chi connectivity index (χ0n) is 28.4. The van der Waals surface area contributed by atoms with E-state index in [1.807, 2.05) is 13.0 Å². The van der Waals surface area contributed by atoms with Gasteiger partial charge in [-0.2, -0.15) is 0 Å². The van der Waals surface area contributed by atoms with E-state index in [1.165, 1.54) is 5.57 Å². The van der Waals surface area contributed by atoms with Crippen molar-refractivity contribution in [1.82, 2.24) is 0 Å². The van der Waals surface area contributed by atoms with Gasteiger partial charge >= 0.3 is 0 Å². The molecular weight excluding hydrogens is 568 g/mol. The van der Waals surface area contributed by atoms with Crippen LogP contribution in [0.3, 0.4) is 0 Å². The number of unbranched alkanes of at least 4 members (excludes halogenated alkanes) is 2. The summed E-state index contributed by atoms with van der Waals surface area (Å²) in [5, 5.41) is 11.4. The van der Waals surface area contributed by atoms with Gasteiger partial charge in [-0.1, -0.05) is 57.4 Å². The van der Waals surface area contributed by atoms with Gasteiger partial charge in [-0.25, -0.2) is 9.78 Å². The summed E-state index contributed by atoms with van der Waals surface area (Å²) in [6, 6.07) is 4.08. The number of hydrogen-bond donors (Lipinski definition) is 1. The van der Waals surface area contributed by atoms with Crippen molar-refractivity contribution in [3.8, 4) is 11.5 Å². The van der Waals surface area contributed by atoms with E-state index in [2.05, 4.69) is 53.3 Å². The van der Waals surface area contributed by atoms with Gasteiger partial charge in [0.15, 0.2) is 18.2 Å². The molecular formula is C38H56O7. The number of ether oxygens (including phenoxy) is 4. The van der Waals surface area contributed by atoms with Gasteiger partial charge in [0.2, 0.25) is 5.79 Å². The Balaban J connectivity index is 1.18. The number of aromatic hydroxyl groups is 1. The SMILES string of the molecule is C=C(C)[C@@H]1CCC(C)=C[C@H]1c1c(O)cc(CCCCC)cc1OCCO[C@H]1O[C@@H]2O[C@]3(C)CC[C@H]4[C@H](C)CC[C@@H]([C@H]1C)[C@@]24OO3. The summed E-state index contributed by atoms with van der Waals surface area (Å²) in [6.45, 7) is 18.0. The van der Waals surface area contributed by atoms with E-state index >= 15 is 0 Å². The van der Waals surface area contributed by atoms with Crippen LogP contribution >= 0.6 is 0 Å². The van der Waals surface area contributed by atoms with Gasteiger partial charge in [0, 0.05) is 29.7 Å². The minimum Gasteiger partial charge on any atom is -0.507 e. The number of phenols is 1. The first kappa shape index (κ1) is 33.0. The molecule has 0 aromatic heterocycles. The number of benzene rings is 1. The van der Waals surface area contributed by atoms with Crippen LogP contribution in [-0.4, -0.2) is 42.3 Å². The second kappa shape index (κ2) is 13.3. The predicted octanol–water partition coefficient (Wildman–Crippen LogP) is 8.74. The van der Waals surface area contributed by atoms with Gasteiger partial charge in [0.25, 0.3) is 0 Å². The molecule has 0 amide bonds. The monoisotopic (exact) mass is 624 g/mol. The van der Waals surface area contributed by atoms with E-state index in [0.29, 0.717) is 30.8 Å². The highest BCUT2D eigenvalue weighted by Crippen LogP contribution is 2.60. The van der Waals surface area contributed by atoms with Crippen LogP contribution in [0.4, 0.5) is 0 Å². The maximum Gasteiger partial charge on any atom is 0.201 e. The molecule has 2 aliphatic carbocycles. The summed E-state index contributed by atoms with van der Waals surface area (Å²) in [5.41, 5.74) is 3.86. The van der Waals surface area contributed by atoms with Gasteiger partial charge in [0.05, 0.1) is 6.61 Å². The van der Waals surface area contributed by atoms with Crippen LogP contribution in [0.1, 0.15) is 116 Å². The van der Waals surface area contributed by atoms with E-state index in [0.717, 1.165) is 86.7 Å². The molecule has 6 aliphatic rings. The van der Waals surface area contributed by atoms with Gasteiger partial charge < -0.3 is 24.1 Å². The Bertz CT molecular complexity index is 1260. The van der Waals surface area contributed by atoms with Crippen molar-refractivity contribution in [3.63, 3.8) is 0 Å². The van der Waals surface area contributed by atoms with E-state index in [9.17, 15) is 5.11 Å². The molecule has 0 unspecified atom stereocenters. The smallest absolute Gasteiger partial charge is 0.201 e. The zero-order valence-corrected chi connectivity index (χ0v) is 28.4. The summed E-state index contributed by atoms with van der Waals surface area (Å²) in [4.78, 5) is 12.2. The van der Waals surface area contributed by atoms with Crippen LogP contribution in [0.5, 0.6) is 11.5 Å². The summed E-state index contributed by atoms with van der Waals surface area (Å²) < 4.78 is 26.1. The Hall–Kier alpha value is -1.90. The summed E-state index contributed by atoms with van der Waals surface area (Å²) in [7, 11) is 0. The van der Waals surface area contributed by atoms with Crippen LogP contribution in [0.15, 0.2) is 35.9 Å². The van der Waals surface area contributed by atoms with Crippen molar-refractivity contribution < 1.29 is 33.8 Å². The Morgan fingerprint density at radius 3 is 2.67 bits per heavy atom. The van der Waals surface area contributed by atoms with Crippen LogP contribution < -0.4 is 4.74 Å². The van der Waals surface area contributed by atoms with Gasteiger partial charge in [-0.3, -0.25) is 0 Å². The molecule has 1 aromatic rings. The van der Waals surface area contributed by atoms with Gasteiger partial charge in [-0.05, 0) is 101 Å². The second-order valence-electron chi connectivity index (χ2n) is 15.0. The van der Waals surface area contributed by atoms with Crippen molar-refractivity contribution in [1.29, 1.82) is 0 Å². The standard InChI is InChI=1S/C38H56O7/c1-8-9-10-11-27-21-32(39)34(29-20-24(4)12-14-28(29)23(2)3)33(22-27)40-18-19-41-35-26(6)31-15-13-25(5)30-16-17-37(7)43-36(42-35)38(30,31)45-44-37/h20-22,25-26,28-31,35-36,39H,2,8-19H2,1,3-7H3/t25-,26-,28+,29-,30+,31+,35+,36-,37+,38-/m1/s1. The lowest BCUT2D eigenvalue weighted by Crippen LogP contribution is -2.70. The van der Waals surface area contributed by atoms with Crippen LogP contribution in [0.25, 0.3) is 0 Å². The van der Waals surface area contributed by atoms with Crippen LogP contribution in [-0.2, 0) is 30.4 Å². The molecule has 7 rings (SSSR count). The summed E-state index contributed by atoms with van der Waals surface area (Å²) in [6.07, 6.45) is 11.7. The average Bonchev–Trinajstić information content (AvgIpc) is 3.23. The van der Waals surface area contributed by atoms with Crippen molar-refractivity contribution in [2.45, 2.75) is 136 Å². The first-order valence-electron chi connectivity index (χ1n) is 17.7. The van der Waals surface area contributed by atoms with Crippen molar-refractivity contribution in [2.75, 3.05) is 13.2 Å². The number of phenolic OH excluding ortho intramolecular Hbond substituents is 1. The molecule has 250 valence electrons. The quantitative estimate of drug-likeness (QED) is 0.150. The number of allylic oxidation sites excluding steroid dienone is 3. The molecule has 1 aromatic carbocycles. The lowest BCUT2D eigenvalue weighted by Gasteiger charge is -2.60. The largest absolute Gasteiger partial charge is 0.507 e. The summed E-state index contributed by atoms with van der Waals surface area (Å²) >= 11 is 0. The fourth-order valence-corrected chi connectivity index (χ4v) is 9.13. The Morgan fingerprint density at radius 1 is 1.07 bits per heavy atom. The molecule has 7 nitrogen and oxygen atoms in total. The fraction of sp³-hybridized carbons (Fsp3) is 0.737. The Labute approximate surface area is 270 Å². The van der Waals surface area contributed by atoms with Crippen molar-refractivity contribution >= 4 is 0 Å². The normalized spacial score (nSPS) is 39.1. The third-order valence-electron chi connectivity index (χ3n) is 11.7. The molecule has 1 N–H and O–H groups in total. The first-order valence-corrected chi connectivity index (χ1v) is 17.7. The second-order valence-corrected chi connectivity index (χ2v) is 15.0. The molecule has 5 fully saturated rings. The first-order chi connectivity index (χ1) is 21.6. The molecule has 4 heterocycles. The highest BCUT2D eigenvalue weighted by Gasteiger charge is 2.69. The van der Waals surface area contributed by atoms with E-state index in [4.69, 9.17) is 28.7 Å². The molecule has 45 heavy (non-hydrogen) atoms. The van der Waals surface area contributed by atoms with Crippen LogP contribution in [0.2, 0.25) is 0 Å². The van der Waals surface area contributed by atoms with Crippen molar-refractivity contribution in [3.05, 3.63) is 47.1 Å². The minimum absolute atomic E-state index is 0.0304. The molecule has 7 heteroatoms. The highest BCUT2D eigenvalue weighted by atomic mass is 17.3. The lowest BCUT2D eigenvalue weighted by atomic mass is 9.58. The molecule has 2 bridgehead atoms.